The third kappa shape index (κ3) is 3.75. The molecule has 4 rings (SSSR count). The highest BCUT2D eigenvalue weighted by atomic mass is 35.5. The lowest BCUT2D eigenvalue weighted by atomic mass is 9.99. The van der Waals surface area contributed by atoms with Crippen LogP contribution in [0.15, 0.2) is 83.9 Å². The van der Waals surface area contributed by atoms with E-state index >= 15 is 0 Å². The first-order chi connectivity index (χ1) is 13.7. The molecule has 1 N–H and O–H groups in total. The number of anilines is 1. The molecule has 4 aromatic rings. The largest absolute Gasteiger partial charge is 0.320 e. The predicted octanol–water partition coefficient (Wildman–Crippen LogP) is 6.53. The van der Waals surface area contributed by atoms with Crippen LogP contribution < -0.4 is 5.32 Å². The number of halogens is 1. The van der Waals surface area contributed by atoms with E-state index < -0.39 is 0 Å². The summed E-state index contributed by atoms with van der Waals surface area (Å²) in [5, 5.41) is 4.49. The van der Waals surface area contributed by atoms with E-state index in [0.29, 0.717) is 16.3 Å². The maximum Gasteiger partial charge on any atom is 0.256 e. The number of benzene rings is 3. The summed E-state index contributed by atoms with van der Waals surface area (Å²) in [4.78, 5) is 18.7. The lowest BCUT2D eigenvalue weighted by Gasteiger charge is -2.12. The Morgan fingerprint density at radius 2 is 1.79 bits per heavy atom. The summed E-state index contributed by atoms with van der Waals surface area (Å²) in [5.74, 6) is -0.218. The van der Waals surface area contributed by atoms with E-state index in [-0.39, 0.29) is 5.91 Å². The lowest BCUT2D eigenvalue weighted by molar-refractivity contribution is 0.102. The van der Waals surface area contributed by atoms with Gasteiger partial charge in [-0.2, -0.15) is 0 Å². The van der Waals surface area contributed by atoms with Crippen molar-refractivity contribution < 1.29 is 4.79 Å². The Balaban J connectivity index is 1.73. The maximum absolute atomic E-state index is 13.1. The fourth-order valence-corrected chi connectivity index (χ4v) is 3.70. The molecule has 1 heterocycles. The Kier molecular flexibility index (Phi) is 5.33. The van der Waals surface area contributed by atoms with Crippen molar-refractivity contribution in [3.05, 3.63) is 89.6 Å². The smallest absolute Gasteiger partial charge is 0.256 e. The molecular formula is C23H17ClN2OS. The number of hydrogen-bond donors (Lipinski definition) is 1. The van der Waals surface area contributed by atoms with Gasteiger partial charge in [0.25, 0.3) is 5.91 Å². The molecule has 5 heteroatoms. The molecule has 0 unspecified atom stereocenters. The normalized spacial score (nSPS) is 10.8. The molecule has 28 heavy (non-hydrogen) atoms. The van der Waals surface area contributed by atoms with Crippen LogP contribution in [-0.4, -0.2) is 17.1 Å². The van der Waals surface area contributed by atoms with E-state index in [2.05, 4.69) is 10.3 Å². The van der Waals surface area contributed by atoms with Gasteiger partial charge in [-0.15, -0.1) is 11.8 Å². The van der Waals surface area contributed by atoms with E-state index in [1.54, 1.807) is 30.1 Å². The Hall–Kier alpha value is -2.82. The van der Waals surface area contributed by atoms with Gasteiger partial charge in [-0.1, -0.05) is 48.0 Å². The van der Waals surface area contributed by atoms with Gasteiger partial charge < -0.3 is 5.32 Å². The zero-order chi connectivity index (χ0) is 19.5. The number of carbonyl (C=O) groups excluding carboxylic acids is 1. The van der Waals surface area contributed by atoms with Gasteiger partial charge >= 0.3 is 0 Å². The SMILES string of the molecule is CSc1ccc(-c2ccc(Cl)cc2C(=O)Nc2cccc3cccnc23)cc1. The Morgan fingerprint density at radius 3 is 2.57 bits per heavy atom. The molecule has 0 bridgehead atoms. The quantitative estimate of drug-likeness (QED) is 0.393. The van der Waals surface area contributed by atoms with Gasteiger partial charge in [0.1, 0.15) is 0 Å². The molecule has 0 saturated heterocycles. The van der Waals surface area contributed by atoms with Crippen LogP contribution in [0.5, 0.6) is 0 Å². The van der Waals surface area contributed by atoms with Crippen LogP contribution in [-0.2, 0) is 0 Å². The minimum absolute atomic E-state index is 0.218. The number of hydrogen-bond acceptors (Lipinski definition) is 3. The summed E-state index contributed by atoms with van der Waals surface area (Å²) in [5.41, 5.74) is 3.76. The standard InChI is InChI=1S/C23H17ClN2OS/c1-28-18-10-7-15(8-11-18)19-12-9-17(24)14-20(19)23(27)26-21-6-2-4-16-5-3-13-25-22(16)21/h2-14H,1H3,(H,26,27). The molecule has 0 saturated carbocycles. The summed E-state index contributed by atoms with van der Waals surface area (Å²) < 4.78 is 0. The number of thioether (sulfide) groups is 1. The molecule has 0 spiro atoms. The van der Waals surface area contributed by atoms with Crippen LogP contribution >= 0.6 is 23.4 Å². The second kappa shape index (κ2) is 8.05. The van der Waals surface area contributed by atoms with Crippen LogP contribution in [0.2, 0.25) is 5.02 Å². The highest BCUT2D eigenvalue weighted by Gasteiger charge is 2.15. The molecule has 0 aliphatic heterocycles. The molecule has 3 nitrogen and oxygen atoms in total. The van der Waals surface area contributed by atoms with Crippen molar-refractivity contribution in [2.45, 2.75) is 4.90 Å². The number of amides is 1. The van der Waals surface area contributed by atoms with Crippen LogP contribution in [0.1, 0.15) is 10.4 Å². The number of carbonyl (C=O) groups is 1. The second-order valence-corrected chi connectivity index (χ2v) is 7.57. The lowest BCUT2D eigenvalue weighted by Crippen LogP contribution is -2.13. The number of rotatable bonds is 4. The van der Waals surface area contributed by atoms with E-state index in [4.69, 9.17) is 11.6 Å². The van der Waals surface area contributed by atoms with Crippen LogP contribution in [0.25, 0.3) is 22.0 Å². The monoisotopic (exact) mass is 404 g/mol. The molecule has 3 aromatic carbocycles. The molecule has 0 atom stereocenters. The summed E-state index contributed by atoms with van der Waals surface area (Å²) >= 11 is 7.88. The minimum Gasteiger partial charge on any atom is -0.320 e. The van der Waals surface area contributed by atoms with Gasteiger partial charge in [0.15, 0.2) is 0 Å². The molecule has 0 fully saturated rings. The summed E-state index contributed by atoms with van der Waals surface area (Å²) in [7, 11) is 0. The number of aromatic nitrogens is 1. The van der Waals surface area contributed by atoms with Crippen molar-refractivity contribution in [3.63, 3.8) is 0 Å². The van der Waals surface area contributed by atoms with Crippen molar-refractivity contribution >= 4 is 45.9 Å². The van der Waals surface area contributed by atoms with Gasteiger partial charge in [0.2, 0.25) is 0 Å². The predicted molar refractivity (Wildman–Crippen MR) is 118 cm³/mol. The van der Waals surface area contributed by atoms with E-state index in [9.17, 15) is 4.79 Å². The van der Waals surface area contributed by atoms with Crippen molar-refractivity contribution in [3.8, 4) is 11.1 Å². The minimum atomic E-state index is -0.218. The van der Waals surface area contributed by atoms with E-state index in [1.807, 2.05) is 66.9 Å². The zero-order valence-electron chi connectivity index (χ0n) is 15.1. The first-order valence-corrected chi connectivity index (χ1v) is 10.3. The first kappa shape index (κ1) is 18.5. The molecule has 0 aliphatic carbocycles. The van der Waals surface area contributed by atoms with Crippen molar-refractivity contribution in [2.75, 3.05) is 11.6 Å². The topological polar surface area (TPSA) is 42.0 Å². The number of fused-ring (bicyclic) bond motifs is 1. The van der Waals surface area contributed by atoms with Gasteiger partial charge in [0, 0.05) is 27.1 Å². The Morgan fingerprint density at radius 1 is 1.00 bits per heavy atom. The number of pyridine rings is 1. The van der Waals surface area contributed by atoms with Crippen LogP contribution in [0, 0.1) is 0 Å². The molecule has 0 radical (unpaired) electrons. The van der Waals surface area contributed by atoms with Gasteiger partial charge in [0.05, 0.1) is 11.2 Å². The van der Waals surface area contributed by atoms with Crippen molar-refractivity contribution in [2.24, 2.45) is 0 Å². The second-order valence-electron chi connectivity index (χ2n) is 6.25. The molecule has 138 valence electrons. The average Bonchev–Trinajstić information content (AvgIpc) is 2.74. The third-order valence-corrected chi connectivity index (χ3v) is 5.49. The van der Waals surface area contributed by atoms with E-state index in [1.165, 1.54) is 4.90 Å². The van der Waals surface area contributed by atoms with Gasteiger partial charge in [-0.3, -0.25) is 9.78 Å². The van der Waals surface area contributed by atoms with Crippen molar-refractivity contribution in [1.29, 1.82) is 0 Å². The van der Waals surface area contributed by atoms with E-state index in [0.717, 1.165) is 22.0 Å². The van der Waals surface area contributed by atoms with Crippen molar-refractivity contribution in [1.82, 2.24) is 4.98 Å². The van der Waals surface area contributed by atoms with Crippen LogP contribution in [0.3, 0.4) is 0 Å². The number of nitrogens with zero attached hydrogens (tertiary/aromatic N) is 1. The average molecular weight is 405 g/mol. The highest BCUT2D eigenvalue weighted by Crippen LogP contribution is 2.30. The maximum atomic E-state index is 13.1. The van der Waals surface area contributed by atoms with Crippen LogP contribution in [0.4, 0.5) is 5.69 Å². The Bertz CT molecular complexity index is 1150. The summed E-state index contributed by atoms with van der Waals surface area (Å²) in [6.45, 7) is 0. The number of nitrogens with one attached hydrogen (secondary N) is 1. The summed E-state index contributed by atoms with van der Waals surface area (Å²) in [6, 6.07) is 23.1. The summed E-state index contributed by atoms with van der Waals surface area (Å²) in [6.07, 6.45) is 3.75. The fourth-order valence-electron chi connectivity index (χ4n) is 3.12. The van der Waals surface area contributed by atoms with Gasteiger partial charge in [-0.25, -0.2) is 0 Å². The Labute approximate surface area is 172 Å². The number of para-hydroxylation sites is 1. The van der Waals surface area contributed by atoms with Gasteiger partial charge in [-0.05, 0) is 53.8 Å². The first-order valence-electron chi connectivity index (χ1n) is 8.75. The molecule has 1 aromatic heterocycles. The highest BCUT2D eigenvalue weighted by molar-refractivity contribution is 7.98. The third-order valence-electron chi connectivity index (χ3n) is 4.51. The molecule has 0 aliphatic rings. The molecule has 1 amide bonds. The fraction of sp³-hybridized carbons (Fsp3) is 0.0435. The zero-order valence-corrected chi connectivity index (χ0v) is 16.7. The molecular weight excluding hydrogens is 388 g/mol.